The van der Waals surface area contributed by atoms with E-state index in [1.165, 1.54) is 0 Å². The third-order valence-electron chi connectivity index (χ3n) is 1.23. The van der Waals surface area contributed by atoms with Crippen LogP contribution in [0, 0.1) is 0 Å². The van der Waals surface area contributed by atoms with Crippen molar-refractivity contribution in [2.75, 3.05) is 17.2 Å². The zero-order valence-electron chi connectivity index (χ0n) is 6.53. The summed E-state index contributed by atoms with van der Waals surface area (Å²) in [5.74, 6) is 2.70. The molecule has 0 aromatic carbocycles. The van der Waals surface area contributed by atoms with Gasteiger partial charge in [0.1, 0.15) is 0 Å². The van der Waals surface area contributed by atoms with Gasteiger partial charge in [-0.3, -0.25) is 0 Å². The van der Waals surface area contributed by atoms with E-state index in [9.17, 15) is 0 Å². The van der Waals surface area contributed by atoms with Gasteiger partial charge in [-0.05, 0) is 5.75 Å². The highest BCUT2D eigenvalue weighted by Gasteiger charge is 1.94. The molecule has 0 saturated heterocycles. The summed E-state index contributed by atoms with van der Waals surface area (Å²) in [6.45, 7) is 3.03. The van der Waals surface area contributed by atoms with Gasteiger partial charge in [0.15, 0.2) is 5.82 Å². The maximum atomic E-state index is 5.38. The molecule has 0 radical (unpaired) electrons. The first-order chi connectivity index (χ1) is 5.33. The first kappa shape index (κ1) is 8.39. The van der Waals surface area contributed by atoms with E-state index in [1.54, 1.807) is 10.9 Å². The number of aromatic nitrogens is 3. The van der Waals surface area contributed by atoms with Crippen LogP contribution < -0.4 is 5.73 Å². The molecule has 4 nitrogen and oxygen atoms in total. The molecule has 0 aliphatic rings. The molecule has 0 unspecified atom stereocenters. The fourth-order valence-corrected chi connectivity index (χ4v) is 1.33. The molecule has 62 valence electrons. The molecular weight excluding hydrogens is 160 g/mol. The molecule has 0 aliphatic heterocycles. The van der Waals surface area contributed by atoms with E-state index in [2.05, 4.69) is 17.2 Å². The zero-order valence-corrected chi connectivity index (χ0v) is 7.34. The molecule has 1 aromatic rings. The molecule has 1 rings (SSSR count). The van der Waals surface area contributed by atoms with Crippen LogP contribution in [0.2, 0.25) is 0 Å². The molecule has 0 bridgehead atoms. The van der Waals surface area contributed by atoms with Crippen molar-refractivity contribution < 1.29 is 0 Å². The first-order valence-electron chi connectivity index (χ1n) is 3.56. The average molecular weight is 172 g/mol. The summed E-state index contributed by atoms with van der Waals surface area (Å²) in [5.41, 5.74) is 5.38. The average Bonchev–Trinajstić information content (AvgIpc) is 2.37. The second kappa shape index (κ2) is 4.23. The van der Waals surface area contributed by atoms with Crippen LogP contribution in [0.25, 0.3) is 0 Å². The largest absolute Gasteiger partial charge is 0.381 e. The lowest BCUT2D eigenvalue weighted by Crippen LogP contribution is -2.01. The van der Waals surface area contributed by atoms with Crippen molar-refractivity contribution in [2.45, 2.75) is 13.5 Å². The topological polar surface area (TPSA) is 56.7 Å². The number of nitrogen functional groups attached to an aromatic ring is 1. The summed E-state index contributed by atoms with van der Waals surface area (Å²) in [4.78, 5) is 0. The number of rotatable bonds is 4. The Morgan fingerprint density at radius 3 is 3.09 bits per heavy atom. The summed E-state index contributed by atoms with van der Waals surface area (Å²) in [7, 11) is 0. The van der Waals surface area contributed by atoms with E-state index < -0.39 is 0 Å². The predicted molar refractivity (Wildman–Crippen MR) is 47.4 cm³/mol. The molecule has 0 aliphatic carbocycles. The Morgan fingerprint density at radius 1 is 1.73 bits per heavy atom. The molecule has 1 heterocycles. The standard InChI is InChI=1S/C6H12N4S/c1-2-11-4-3-10-5-6(7)8-9-10/h5H,2-4,7H2,1H3. The highest BCUT2D eigenvalue weighted by Crippen LogP contribution is 2.00. The van der Waals surface area contributed by atoms with Gasteiger partial charge in [0.2, 0.25) is 0 Å². The molecule has 2 N–H and O–H groups in total. The minimum Gasteiger partial charge on any atom is -0.381 e. The molecule has 1 aromatic heterocycles. The second-order valence-electron chi connectivity index (χ2n) is 2.10. The monoisotopic (exact) mass is 172 g/mol. The highest BCUT2D eigenvalue weighted by atomic mass is 32.2. The fraction of sp³-hybridized carbons (Fsp3) is 0.667. The molecule has 11 heavy (non-hydrogen) atoms. The van der Waals surface area contributed by atoms with E-state index in [0.717, 1.165) is 18.1 Å². The van der Waals surface area contributed by atoms with E-state index in [-0.39, 0.29) is 0 Å². The minimum absolute atomic E-state index is 0.492. The van der Waals surface area contributed by atoms with Crippen LogP contribution in [0.4, 0.5) is 5.82 Å². The molecule has 5 heteroatoms. The SMILES string of the molecule is CCSCCn1cc(N)nn1. The Morgan fingerprint density at radius 2 is 2.55 bits per heavy atom. The van der Waals surface area contributed by atoms with Crippen LogP contribution in [-0.4, -0.2) is 26.5 Å². The fourth-order valence-electron chi connectivity index (χ4n) is 0.725. The van der Waals surface area contributed by atoms with E-state index >= 15 is 0 Å². The predicted octanol–water partition coefficient (Wildman–Crippen LogP) is 0.613. The van der Waals surface area contributed by atoms with Crippen LogP contribution in [0.1, 0.15) is 6.92 Å². The van der Waals surface area contributed by atoms with E-state index in [1.807, 2.05) is 11.8 Å². The number of anilines is 1. The highest BCUT2D eigenvalue weighted by molar-refractivity contribution is 7.99. The number of aryl methyl sites for hydroxylation is 1. The zero-order chi connectivity index (χ0) is 8.10. The third kappa shape index (κ3) is 2.80. The number of thioether (sulfide) groups is 1. The minimum atomic E-state index is 0.492. The summed E-state index contributed by atoms with van der Waals surface area (Å²) < 4.78 is 1.76. The van der Waals surface area contributed by atoms with Gasteiger partial charge in [0.05, 0.1) is 12.7 Å². The first-order valence-corrected chi connectivity index (χ1v) is 4.71. The maximum absolute atomic E-state index is 5.38. The Bertz CT molecular complexity index is 210. The van der Waals surface area contributed by atoms with Gasteiger partial charge in [-0.1, -0.05) is 12.1 Å². The Kier molecular flexibility index (Phi) is 3.22. The lowest BCUT2D eigenvalue weighted by Gasteiger charge is -1.96. The molecule has 0 spiro atoms. The van der Waals surface area contributed by atoms with Crippen LogP contribution in [0.5, 0.6) is 0 Å². The molecule has 0 saturated carbocycles. The maximum Gasteiger partial charge on any atom is 0.165 e. The van der Waals surface area contributed by atoms with E-state index in [0.29, 0.717) is 5.82 Å². The van der Waals surface area contributed by atoms with Crippen LogP contribution in [-0.2, 0) is 6.54 Å². The number of nitrogens with zero attached hydrogens (tertiary/aromatic N) is 3. The number of hydrogen-bond acceptors (Lipinski definition) is 4. The lowest BCUT2D eigenvalue weighted by atomic mass is 10.7. The van der Waals surface area contributed by atoms with Gasteiger partial charge < -0.3 is 5.73 Å². The lowest BCUT2D eigenvalue weighted by molar-refractivity contribution is 0.632. The van der Waals surface area contributed by atoms with Gasteiger partial charge >= 0.3 is 0 Å². The smallest absolute Gasteiger partial charge is 0.165 e. The van der Waals surface area contributed by atoms with Gasteiger partial charge in [-0.15, -0.1) is 5.10 Å². The normalized spacial score (nSPS) is 10.3. The molecule has 0 fully saturated rings. The number of hydrogen-bond donors (Lipinski definition) is 1. The summed E-state index contributed by atoms with van der Waals surface area (Å²) in [6.07, 6.45) is 1.75. The summed E-state index contributed by atoms with van der Waals surface area (Å²) in [6, 6.07) is 0. The Balaban J connectivity index is 2.27. The Labute approximate surface area is 70.1 Å². The molecular formula is C6H12N4S. The van der Waals surface area contributed by atoms with Gasteiger partial charge in [0, 0.05) is 5.75 Å². The van der Waals surface area contributed by atoms with E-state index in [4.69, 9.17) is 5.73 Å². The van der Waals surface area contributed by atoms with Crippen molar-refractivity contribution in [2.24, 2.45) is 0 Å². The van der Waals surface area contributed by atoms with Gasteiger partial charge in [-0.25, -0.2) is 4.68 Å². The molecule has 0 amide bonds. The summed E-state index contributed by atoms with van der Waals surface area (Å²) >= 11 is 1.88. The van der Waals surface area contributed by atoms with Crippen molar-refractivity contribution in [1.29, 1.82) is 0 Å². The Hall–Kier alpha value is -0.710. The quantitative estimate of drug-likeness (QED) is 0.676. The van der Waals surface area contributed by atoms with Gasteiger partial charge in [-0.2, -0.15) is 11.8 Å². The summed E-state index contributed by atoms with van der Waals surface area (Å²) in [5, 5.41) is 7.49. The van der Waals surface area contributed by atoms with Crippen molar-refractivity contribution >= 4 is 17.6 Å². The van der Waals surface area contributed by atoms with Crippen molar-refractivity contribution in [3.05, 3.63) is 6.20 Å². The van der Waals surface area contributed by atoms with Crippen molar-refractivity contribution in [3.63, 3.8) is 0 Å². The second-order valence-corrected chi connectivity index (χ2v) is 3.50. The van der Waals surface area contributed by atoms with Gasteiger partial charge in [0.25, 0.3) is 0 Å². The van der Waals surface area contributed by atoms with Crippen molar-refractivity contribution in [1.82, 2.24) is 15.0 Å². The van der Waals surface area contributed by atoms with Crippen LogP contribution in [0.15, 0.2) is 6.20 Å². The van der Waals surface area contributed by atoms with Crippen LogP contribution in [0.3, 0.4) is 0 Å². The van der Waals surface area contributed by atoms with Crippen LogP contribution >= 0.6 is 11.8 Å². The third-order valence-corrected chi connectivity index (χ3v) is 2.10. The molecule has 0 atom stereocenters. The number of nitrogens with two attached hydrogens (primary N) is 1. The van der Waals surface area contributed by atoms with Crippen molar-refractivity contribution in [3.8, 4) is 0 Å².